The fourth-order valence-electron chi connectivity index (χ4n) is 4.75. The average molecular weight is 507 g/mol. The Morgan fingerprint density at radius 3 is 2.83 bits per heavy atom. The van der Waals surface area contributed by atoms with Gasteiger partial charge >= 0.3 is 0 Å². The summed E-state index contributed by atoms with van der Waals surface area (Å²) in [6.45, 7) is 2.77. The number of rotatable bonds is 6. The Hall–Kier alpha value is -3.24. The van der Waals surface area contributed by atoms with Crippen LogP contribution in [0.1, 0.15) is 35.3 Å². The molecule has 2 aliphatic rings. The lowest BCUT2D eigenvalue weighted by Crippen LogP contribution is -2.46. The number of carbonyl (C=O) groups excluding carboxylic acids is 2. The Labute approximate surface area is 214 Å². The molecule has 1 fully saturated rings. The van der Waals surface area contributed by atoms with Crippen molar-refractivity contribution in [3.8, 4) is 5.88 Å². The molecule has 10 heteroatoms. The molecule has 188 valence electrons. The smallest absolute Gasteiger partial charge is 0.272 e. The van der Waals surface area contributed by atoms with Crippen LogP contribution in [-0.2, 0) is 11.2 Å². The lowest BCUT2D eigenvalue weighted by Gasteiger charge is -2.36. The second-order valence-corrected chi connectivity index (χ2v) is 10.3. The highest BCUT2D eigenvalue weighted by atomic mass is 32.2. The van der Waals surface area contributed by atoms with Crippen molar-refractivity contribution >= 4 is 40.4 Å². The molecule has 0 aromatic carbocycles. The number of piperidine rings is 1. The molecule has 36 heavy (non-hydrogen) atoms. The molecule has 0 spiro atoms. The zero-order valence-corrected chi connectivity index (χ0v) is 21.4. The van der Waals surface area contributed by atoms with Crippen LogP contribution in [0.4, 0.5) is 5.82 Å². The lowest BCUT2D eigenvalue weighted by molar-refractivity contribution is -0.115. The maximum absolute atomic E-state index is 13.2. The Morgan fingerprint density at radius 2 is 2.03 bits per heavy atom. The summed E-state index contributed by atoms with van der Waals surface area (Å²) in [6, 6.07) is 9.61. The number of methoxy groups -OCH3 is 1. The van der Waals surface area contributed by atoms with Gasteiger partial charge in [0.25, 0.3) is 5.91 Å². The van der Waals surface area contributed by atoms with Crippen LogP contribution >= 0.6 is 11.8 Å². The third kappa shape index (κ3) is 5.29. The second kappa shape index (κ2) is 10.8. The number of nitrogens with one attached hydrogen (secondary N) is 1. The normalized spacial score (nSPS) is 16.8. The van der Waals surface area contributed by atoms with E-state index in [4.69, 9.17) is 4.74 Å². The molecule has 9 nitrogen and oxygen atoms in total. The molecule has 5 heterocycles. The molecular formula is C26H30N6O3S. The van der Waals surface area contributed by atoms with Crippen LogP contribution in [0.2, 0.25) is 0 Å². The van der Waals surface area contributed by atoms with Gasteiger partial charge in [0.2, 0.25) is 11.8 Å². The maximum Gasteiger partial charge on any atom is 0.272 e. The number of ether oxygens (including phenoxy) is 1. The Bertz CT molecular complexity index is 1280. The minimum absolute atomic E-state index is 0.0613. The van der Waals surface area contributed by atoms with Gasteiger partial charge in [0.15, 0.2) is 0 Å². The van der Waals surface area contributed by atoms with Gasteiger partial charge in [-0.25, -0.2) is 9.97 Å². The first-order valence-electron chi connectivity index (χ1n) is 12.2. The van der Waals surface area contributed by atoms with E-state index in [0.29, 0.717) is 29.6 Å². The molecule has 0 saturated carbocycles. The van der Waals surface area contributed by atoms with Crippen molar-refractivity contribution in [2.45, 2.75) is 36.6 Å². The summed E-state index contributed by atoms with van der Waals surface area (Å²) >= 11 is 1.59. The molecular weight excluding hydrogens is 476 g/mol. The molecule has 5 rings (SSSR count). The topological polar surface area (TPSA) is 101 Å². The van der Waals surface area contributed by atoms with Crippen LogP contribution in [0.25, 0.3) is 11.0 Å². The molecule has 0 aliphatic carbocycles. The number of pyridine rings is 3. The first kappa shape index (κ1) is 24.5. The Balaban J connectivity index is 1.17. The molecule has 3 aromatic heterocycles. The fraction of sp³-hybridized carbons (Fsp3) is 0.423. The van der Waals surface area contributed by atoms with E-state index in [9.17, 15) is 9.59 Å². The fourth-order valence-corrected chi connectivity index (χ4v) is 5.66. The van der Waals surface area contributed by atoms with Gasteiger partial charge in [0, 0.05) is 57.2 Å². The van der Waals surface area contributed by atoms with Crippen LogP contribution in [0, 0.1) is 0 Å². The van der Waals surface area contributed by atoms with E-state index in [-0.39, 0.29) is 17.9 Å². The lowest BCUT2D eigenvalue weighted by atomic mass is 10.0. The van der Waals surface area contributed by atoms with Crippen molar-refractivity contribution in [3.05, 3.63) is 47.8 Å². The Kier molecular flexibility index (Phi) is 7.33. The monoisotopic (exact) mass is 506 g/mol. The third-order valence-electron chi connectivity index (χ3n) is 6.90. The van der Waals surface area contributed by atoms with Gasteiger partial charge in [-0.2, -0.15) is 0 Å². The zero-order chi connectivity index (χ0) is 25.1. The quantitative estimate of drug-likeness (QED) is 0.544. The third-order valence-corrected chi connectivity index (χ3v) is 7.94. The Morgan fingerprint density at radius 1 is 1.19 bits per heavy atom. The van der Waals surface area contributed by atoms with Crippen LogP contribution in [-0.4, -0.2) is 82.2 Å². The van der Waals surface area contributed by atoms with Crippen molar-refractivity contribution in [1.29, 1.82) is 0 Å². The number of anilines is 1. The summed E-state index contributed by atoms with van der Waals surface area (Å²) in [5.41, 5.74) is 3.29. The SMILES string of the molecule is COc1ccc2nccc(CCN3CCC(N(C)C(=O)c4ccc5c(n4)NC(=O)CCS5)CC3)c2n1. The number of fused-ring (bicyclic) bond motifs is 2. The molecule has 2 aliphatic heterocycles. The summed E-state index contributed by atoms with van der Waals surface area (Å²) in [7, 11) is 3.47. The number of amides is 2. The van der Waals surface area contributed by atoms with Crippen LogP contribution in [0.15, 0.2) is 41.4 Å². The van der Waals surface area contributed by atoms with Crippen molar-refractivity contribution in [3.63, 3.8) is 0 Å². The highest BCUT2D eigenvalue weighted by molar-refractivity contribution is 7.99. The summed E-state index contributed by atoms with van der Waals surface area (Å²) in [4.78, 5) is 43.7. The van der Waals surface area contributed by atoms with Crippen LogP contribution < -0.4 is 10.1 Å². The molecule has 0 radical (unpaired) electrons. The highest BCUT2D eigenvalue weighted by Gasteiger charge is 2.27. The molecule has 3 aromatic rings. The molecule has 1 N–H and O–H groups in total. The molecule has 0 atom stereocenters. The summed E-state index contributed by atoms with van der Waals surface area (Å²) in [5, 5.41) is 2.82. The van der Waals surface area contributed by atoms with Crippen molar-refractivity contribution in [1.82, 2.24) is 24.8 Å². The predicted octanol–water partition coefficient (Wildman–Crippen LogP) is 3.25. The number of carbonyl (C=O) groups is 2. The minimum Gasteiger partial charge on any atom is -0.481 e. The predicted molar refractivity (Wildman–Crippen MR) is 140 cm³/mol. The van der Waals surface area contributed by atoms with Crippen LogP contribution in [0.5, 0.6) is 5.88 Å². The van der Waals surface area contributed by atoms with E-state index in [1.165, 1.54) is 0 Å². The maximum atomic E-state index is 13.2. The minimum atomic E-state index is -0.108. The van der Waals surface area contributed by atoms with Gasteiger partial charge in [-0.15, -0.1) is 11.8 Å². The number of thioether (sulfide) groups is 1. The van der Waals surface area contributed by atoms with E-state index in [0.717, 1.165) is 60.4 Å². The number of hydrogen-bond acceptors (Lipinski definition) is 8. The number of aromatic nitrogens is 3. The van der Waals surface area contributed by atoms with E-state index >= 15 is 0 Å². The number of nitrogens with zero attached hydrogens (tertiary/aromatic N) is 5. The van der Waals surface area contributed by atoms with Crippen molar-refractivity contribution in [2.24, 2.45) is 0 Å². The number of likely N-dealkylation sites (tertiary alicyclic amines) is 1. The summed E-state index contributed by atoms with van der Waals surface area (Å²) in [6.07, 6.45) is 4.97. The van der Waals surface area contributed by atoms with Gasteiger partial charge in [0.05, 0.1) is 23.0 Å². The standard InChI is InChI=1S/C26H30N6O3S/c1-31(26(34)20-3-5-21-25(28-20)29-22(33)11-16-36-21)18-9-14-32(15-10-18)13-8-17-7-12-27-19-4-6-23(35-2)30-24(17)19/h3-7,12,18H,8-11,13-16H2,1-2H3,(H,28,29,33). The van der Waals surface area contributed by atoms with E-state index in [2.05, 4.69) is 25.2 Å². The first-order chi connectivity index (χ1) is 17.5. The van der Waals surface area contributed by atoms with Gasteiger partial charge < -0.3 is 19.9 Å². The number of hydrogen-bond donors (Lipinski definition) is 1. The molecule has 2 amide bonds. The van der Waals surface area contributed by atoms with Crippen molar-refractivity contribution in [2.75, 3.05) is 44.9 Å². The van der Waals surface area contributed by atoms with E-state index < -0.39 is 0 Å². The van der Waals surface area contributed by atoms with Crippen molar-refractivity contribution < 1.29 is 14.3 Å². The summed E-state index contributed by atoms with van der Waals surface area (Å²) in [5.74, 6) is 1.63. The van der Waals surface area contributed by atoms with E-state index in [1.807, 2.05) is 42.4 Å². The van der Waals surface area contributed by atoms with Crippen LogP contribution in [0.3, 0.4) is 0 Å². The highest BCUT2D eigenvalue weighted by Crippen LogP contribution is 2.30. The van der Waals surface area contributed by atoms with Gasteiger partial charge in [-0.05, 0) is 49.1 Å². The largest absolute Gasteiger partial charge is 0.481 e. The average Bonchev–Trinajstić information content (AvgIpc) is 3.10. The molecule has 0 unspecified atom stereocenters. The molecule has 0 bridgehead atoms. The second-order valence-electron chi connectivity index (χ2n) is 9.12. The van der Waals surface area contributed by atoms with E-state index in [1.54, 1.807) is 24.9 Å². The van der Waals surface area contributed by atoms with Gasteiger partial charge in [0.1, 0.15) is 11.5 Å². The molecule has 1 saturated heterocycles. The summed E-state index contributed by atoms with van der Waals surface area (Å²) < 4.78 is 5.29. The first-order valence-corrected chi connectivity index (χ1v) is 13.2. The van der Waals surface area contributed by atoms with Gasteiger partial charge in [-0.1, -0.05) is 0 Å². The van der Waals surface area contributed by atoms with Gasteiger partial charge in [-0.3, -0.25) is 14.6 Å². The zero-order valence-electron chi connectivity index (χ0n) is 20.6.